The highest BCUT2D eigenvalue weighted by molar-refractivity contribution is 8.25. The lowest BCUT2D eigenvalue weighted by atomic mass is 10.9. The van der Waals surface area contributed by atoms with E-state index in [0.717, 1.165) is 20.7 Å². The predicted octanol–water partition coefficient (Wildman–Crippen LogP) is 5.94. The van der Waals surface area contributed by atoms with Crippen molar-refractivity contribution in [3.8, 4) is 0 Å². The van der Waals surface area contributed by atoms with E-state index in [4.69, 9.17) is 0 Å². The Kier molecular flexibility index (Phi) is 22.7. The molecule has 0 atom stereocenters. The third-order valence-corrected chi connectivity index (χ3v) is 12.6. The highest BCUT2D eigenvalue weighted by Gasteiger charge is 2.26. The van der Waals surface area contributed by atoms with Gasteiger partial charge in [-0.3, -0.25) is 0 Å². The van der Waals surface area contributed by atoms with Gasteiger partial charge in [0.1, 0.15) is 0 Å². The van der Waals surface area contributed by atoms with Crippen LogP contribution >= 0.6 is 95.8 Å². The Bertz CT molecular complexity index is 197. The molecule has 0 unspecified atom stereocenters. The maximum atomic E-state index is 4.26. The van der Waals surface area contributed by atoms with E-state index in [0.29, 0.717) is 0 Å². The van der Waals surface area contributed by atoms with Gasteiger partial charge in [0.05, 0.1) is 9.16 Å². The van der Waals surface area contributed by atoms with Crippen LogP contribution in [0.5, 0.6) is 0 Å². The van der Waals surface area contributed by atoms with Crippen molar-refractivity contribution in [1.29, 1.82) is 0 Å². The molecule has 1 aliphatic rings. The number of rotatable bonds is 13. The van der Waals surface area contributed by atoms with Crippen LogP contribution in [0.15, 0.2) is 0 Å². The molecular formula is C14H30S8. The standard InChI is InChI=1S/C12H24S8.C2H6/c13-1-3-15-5-7-17-11(12-19-9-10-20-12)18-8-6-16-4-2-14;1-2/h11-14H,1-10H2;1-2H3. The minimum absolute atomic E-state index is 0.778. The Morgan fingerprint density at radius 1 is 0.818 bits per heavy atom. The number of hydrogen-bond donors (Lipinski definition) is 2. The lowest BCUT2D eigenvalue weighted by Crippen LogP contribution is -2.13. The molecule has 1 heterocycles. The van der Waals surface area contributed by atoms with Crippen LogP contribution in [-0.4, -0.2) is 66.7 Å². The molecule has 1 rings (SSSR count). The van der Waals surface area contributed by atoms with Crippen LogP contribution in [0.25, 0.3) is 0 Å². The number of hydrogen-bond acceptors (Lipinski definition) is 8. The monoisotopic (exact) mass is 454 g/mol. The summed E-state index contributed by atoms with van der Waals surface area (Å²) in [5.74, 6) is 12.2. The van der Waals surface area contributed by atoms with E-state index in [2.05, 4.69) is 72.3 Å². The predicted molar refractivity (Wildman–Crippen MR) is 131 cm³/mol. The molecule has 0 spiro atoms. The lowest BCUT2D eigenvalue weighted by Gasteiger charge is -2.21. The molecule has 0 N–H and O–H groups in total. The van der Waals surface area contributed by atoms with Crippen molar-refractivity contribution in [3.05, 3.63) is 0 Å². The van der Waals surface area contributed by atoms with Gasteiger partial charge in [-0.25, -0.2) is 0 Å². The minimum Gasteiger partial charge on any atom is -0.179 e. The molecule has 0 nitrogen and oxygen atoms in total. The van der Waals surface area contributed by atoms with Gasteiger partial charge in [0, 0.05) is 46.0 Å². The van der Waals surface area contributed by atoms with Gasteiger partial charge in [-0.15, -0.1) is 47.0 Å². The summed E-state index contributed by atoms with van der Waals surface area (Å²) < 4.78 is 1.59. The second-order valence-electron chi connectivity index (χ2n) is 3.89. The molecular weight excluding hydrogens is 425 g/mol. The van der Waals surface area contributed by atoms with E-state index in [1.54, 1.807) is 0 Å². The third kappa shape index (κ3) is 14.0. The van der Waals surface area contributed by atoms with Gasteiger partial charge in [0.2, 0.25) is 0 Å². The minimum atomic E-state index is 0.778. The fourth-order valence-corrected chi connectivity index (χ4v) is 10.8. The van der Waals surface area contributed by atoms with Gasteiger partial charge in [-0.05, 0) is 11.5 Å². The molecule has 8 heteroatoms. The van der Waals surface area contributed by atoms with Crippen molar-refractivity contribution in [2.75, 3.05) is 57.5 Å². The summed E-state index contributed by atoms with van der Waals surface area (Å²) in [4.78, 5) is 0. The molecule has 0 bridgehead atoms. The van der Waals surface area contributed by atoms with Crippen LogP contribution in [0.1, 0.15) is 13.8 Å². The highest BCUT2D eigenvalue weighted by atomic mass is 32.2. The van der Waals surface area contributed by atoms with E-state index >= 15 is 0 Å². The summed E-state index contributed by atoms with van der Waals surface area (Å²) in [6.07, 6.45) is 0. The number of thiol groups is 2. The van der Waals surface area contributed by atoms with E-state index in [1.807, 2.05) is 37.4 Å². The second kappa shape index (κ2) is 20.1. The van der Waals surface area contributed by atoms with Crippen molar-refractivity contribution >= 4 is 95.8 Å². The summed E-state index contributed by atoms with van der Waals surface area (Å²) >= 11 is 21.3. The van der Waals surface area contributed by atoms with Gasteiger partial charge in [0.25, 0.3) is 0 Å². The van der Waals surface area contributed by atoms with E-state index in [9.17, 15) is 0 Å². The summed E-state index contributed by atoms with van der Waals surface area (Å²) in [7, 11) is 0. The zero-order valence-electron chi connectivity index (χ0n) is 13.6. The normalized spacial score (nSPS) is 15.1. The van der Waals surface area contributed by atoms with E-state index in [1.165, 1.54) is 46.0 Å². The molecule has 134 valence electrons. The fraction of sp³-hybridized carbons (Fsp3) is 1.00. The van der Waals surface area contributed by atoms with Crippen LogP contribution in [-0.2, 0) is 0 Å². The molecule has 0 saturated carbocycles. The zero-order chi connectivity index (χ0) is 16.5. The van der Waals surface area contributed by atoms with Crippen molar-refractivity contribution < 1.29 is 0 Å². The Hall–Kier alpha value is 2.80. The molecule has 1 aliphatic heterocycles. The van der Waals surface area contributed by atoms with Gasteiger partial charge in [-0.2, -0.15) is 48.8 Å². The molecule has 0 aromatic carbocycles. The average Bonchev–Trinajstić information content (AvgIpc) is 3.09. The molecule has 0 amide bonds. The summed E-state index contributed by atoms with van der Waals surface area (Å²) in [6, 6.07) is 0. The van der Waals surface area contributed by atoms with Crippen molar-refractivity contribution in [1.82, 2.24) is 0 Å². The molecule has 1 saturated heterocycles. The van der Waals surface area contributed by atoms with Gasteiger partial charge < -0.3 is 0 Å². The Labute approximate surface area is 175 Å². The molecule has 0 radical (unpaired) electrons. The first-order valence-electron chi connectivity index (χ1n) is 7.72. The summed E-state index contributed by atoms with van der Waals surface area (Å²) in [6.45, 7) is 4.00. The van der Waals surface area contributed by atoms with Crippen LogP contribution < -0.4 is 0 Å². The van der Waals surface area contributed by atoms with Crippen molar-refractivity contribution in [2.45, 2.75) is 23.0 Å². The fourth-order valence-electron chi connectivity index (χ4n) is 1.52. The van der Waals surface area contributed by atoms with Crippen LogP contribution in [0.2, 0.25) is 0 Å². The summed E-state index contributed by atoms with van der Waals surface area (Å²) in [5, 5.41) is 0. The van der Waals surface area contributed by atoms with E-state index < -0.39 is 0 Å². The Morgan fingerprint density at radius 3 is 1.68 bits per heavy atom. The Morgan fingerprint density at radius 2 is 1.27 bits per heavy atom. The third-order valence-electron chi connectivity index (χ3n) is 2.36. The second-order valence-corrected chi connectivity index (χ2v) is 12.8. The maximum absolute atomic E-state index is 4.26. The van der Waals surface area contributed by atoms with Crippen molar-refractivity contribution in [3.63, 3.8) is 0 Å². The van der Waals surface area contributed by atoms with Crippen LogP contribution in [0.4, 0.5) is 0 Å². The molecule has 1 fully saturated rings. The number of thioether (sulfide) groups is 6. The largest absolute Gasteiger partial charge is 0.179 e. The van der Waals surface area contributed by atoms with Gasteiger partial charge in [0.15, 0.2) is 0 Å². The highest BCUT2D eigenvalue weighted by Crippen LogP contribution is 2.43. The average molecular weight is 455 g/mol. The van der Waals surface area contributed by atoms with Crippen LogP contribution in [0.3, 0.4) is 0 Å². The van der Waals surface area contributed by atoms with Gasteiger partial charge >= 0.3 is 0 Å². The first kappa shape index (κ1) is 24.8. The zero-order valence-corrected chi connectivity index (χ0v) is 20.3. The Balaban J connectivity index is 0.00000211. The topological polar surface area (TPSA) is 0 Å². The van der Waals surface area contributed by atoms with Crippen LogP contribution in [0, 0.1) is 0 Å². The quantitative estimate of drug-likeness (QED) is 0.199. The molecule has 0 aromatic heterocycles. The molecule has 0 aliphatic carbocycles. The first-order valence-corrected chi connectivity index (χ1v) is 15.5. The van der Waals surface area contributed by atoms with E-state index in [-0.39, 0.29) is 0 Å². The molecule has 0 aromatic rings. The van der Waals surface area contributed by atoms with Crippen molar-refractivity contribution in [2.24, 2.45) is 0 Å². The first-order chi connectivity index (χ1) is 10.9. The molecule has 22 heavy (non-hydrogen) atoms. The lowest BCUT2D eigenvalue weighted by molar-refractivity contribution is 1.34. The maximum Gasteiger partial charge on any atom is 0.0712 e. The SMILES string of the molecule is CC.SCCSCCSC(SCCSCCS)C1SCCS1. The smallest absolute Gasteiger partial charge is 0.0712 e. The summed E-state index contributed by atoms with van der Waals surface area (Å²) in [5.41, 5.74) is 0. The van der Waals surface area contributed by atoms with Gasteiger partial charge in [-0.1, -0.05) is 13.8 Å².